The predicted molar refractivity (Wildman–Crippen MR) is 97.4 cm³/mol. The van der Waals surface area contributed by atoms with E-state index in [1.165, 1.54) is 19.1 Å². The molecule has 0 N–H and O–H groups in total. The summed E-state index contributed by atoms with van der Waals surface area (Å²) in [6, 6.07) is 8.70. The Labute approximate surface area is 163 Å². The molecule has 2 atom stereocenters. The van der Waals surface area contributed by atoms with Gasteiger partial charge in [-0.2, -0.15) is 0 Å². The summed E-state index contributed by atoms with van der Waals surface area (Å²) in [6.45, 7) is 3.62. The van der Waals surface area contributed by atoms with Gasteiger partial charge in [-0.25, -0.2) is 14.6 Å². The molecule has 0 saturated carbocycles. The third-order valence-electron chi connectivity index (χ3n) is 4.72. The van der Waals surface area contributed by atoms with Gasteiger partial charge in [0.2, 0.25) is 5.90 Å². The molecule has 0 aromatic heterocycles. The summed E-state index contributed by atoms with van der Waals surface area (Å²) in [7, 11) is 2.58. The fourth-order valence-corrected chi connectivity index (χ4v) is 3.16. The summed E-state index contributed by atoms with van der Waals surface area (Å²) in [5.41, 5.74) is -1.66. The molecule has 1 aromatic rings. The lowest BCUT2D eigenvalue weighted by Crippen LogP contribution is -2.50. The second-order valence-electron chi connectivity index (χ2n) is 6.90. The van der Waals surface area contributed by atoms with Crippen molar-refractivity contribution in [2.75, 3.05) is 27.4 Å². The first-order chi connectivity index (χ1) is 13.3. The average Bonchev–Trinajstić information content (AvgIpc) is 3.27. The topological polar surface area (TPSA) is 95.9 Å². The molecule has 1 fully saturated rings. The van der Waals surface area contributed by atoms with Crippen LogP contribution in [0.4, 0.5) is 4.79 Å². The number of rotatable bonds is 5. The number of esters is 1. The Morgan fingerprint density at radius 1 is 1.25 bits per heavy atom. The van der Waals surface area contributed by atoms with Crippen LogP contribution in [0.25, 0.3) is 0 Å². The highest BCUT2D eigenvalue weighted by Crippen LogP contribution is 2.32. The second kappa shape index (κ2) is 7.76. The van der Waals surface area contributed by atoms with Gasteiger partial charge in [0.15, 0.2) is 6.61 Å². The summed E-state index contributed by atoms with van der Waals surface area (Å²) in [6.07, 6.45) is -0.573. The summed E-state index contributed by atoms with van der Waals surface area (Å²) >= 11 is 0. The molecule has 2 aliphatic heterocycles. The van der Waals surface area contributed by atoms with E-state index in [-0.39, 0.29) is 25.7 Å². The lowest BCUT2D eigenvalue weighted by molar-refractivity contribution is -0.166. The lowest BCUT2D eigenvalue weighted by atomic mass is 10.2. The number of benzene rings is 1. The minimum atomic E-state index is -1.59. The zero-order valence-electron chi connectivity index (χ0n) is 16.3. The molecular weight excluding hydrogens is 368 g/mol. The van der Waals surface area contributed by atoms with Crippen LogP contribution in [0.3, 0.4) is 0 Å². The van der Waals surface area contributed by atoms with E-state index in [0.717, 1.165) is 5.56 Å². The van der Waals surface area contributed by atoms with Crippen LogP contribution in [0, 0.1) is 0 Å². The number of nitrogens with zero attached hydrogens (tertiary/aromatic N) is 2. The van der Waals surface area contributed by atoms with E-state index >= 15 is 0 Å². The quantitative estimate of drug-likeness (QED) is 0.704. The van der Waals surface area contributed by atoms with E-state index in [1.807, 2.05) is 30.3 Å². The predicted octanol–water partition coefficient (Wildman–Crippen LogP) is 1.70. The fraction of sp³-hybridized carbons (Fsp3) is 0.526. The number of amides is 1. The van der Waals surface area contributed by atoms with Gasteiger partial charge in [0.05, 0.1) is 13.7 Å². The largest absolute Gasteiger partial charge is 0.473 e. The maximum Gasteiger partial charge on any atom is 0.413 e. The van der Waals surface area contributed by atoms with Crippen molar-refractivity contribution in [2.45, 2.75) is 37.9 Å². The molecule has 1 unspecified atom stereocenters. The van der Waals surface area contributed by atoms with Crippen LogP contribution in [0.5, 0.6) is 0 Å². The number of carbonyl (C=O) groups excluding carboxylic acids is 2. The number of aliphatic imine (C=N–C) groups is 1. The molecule has 28 heavy (non-hydrogen) atoms. The van der Waals surface area contributed by atoms with Gasteiger partial charge in [-0.05, 0) is 19.4 Å². The van der Waals surface area contributed by atoms with Crippen LogP contribution < -0.4 is 0 Å². The first-order valence-corrected chi connectivity index (χ1v) is 8.83. The summed E-state index contributed by atoms with van der Waals surface area (Å²) in [5.74, 6) is -0.518. The number of ether oxygens (including phenoxy) is 5. The maximum atomic E-state index is 12.8. The monoisotopic (exact) mass is 392 g/mol. The maximum absolute atomic E-state index is 12.8. The molecule has 3 rings (SSSR count). The first kappa shape index (κ1) is 20.1. The highest BCUT2D eigenvalue weighted by Gasteiger charge is 2.53. The third-order valence-corrected chi connectivity index (χ3v) is 4.72. The molecule has 1 aromatic carbocycles. The summed E-state index contributed by atoms with van der Waals surface area (Å²) in [4.78, 5) is 30.6. The van der Waals surface area contributed by atoms with Gasteiger partial charge in [0, 0.05) is 7.11 Å². The number of methoxy groups -OCH3 is 2. The molecule has 0 bridgehead atoms. The van der Waals surface area contributed by atoms with Crippen molar-refractivity contribution in [2.24, 2.45) is 4.99 Å². The van der Waals surface area contributed by atoms with E-state index in [0.29, 0.717) is 0 Å². The van der Waals surface area contributed by atoms with Gasteiger partial charge < -0.3 is 23.7 Å². The fourth-order valence-electron chi connectivity index (χ4n) is 3.16. The van der Waals surface area contributed by atoms with Gasteiger partial charge >= 0.3 is 12.1 Å². The SMILES string of the molecule is COC(=O)C1(OC)COC([C@@H]2COC(C)(C)N2C(=O)OCc2ccccc2)=N1. The Kier molecular flexibility index (Phi) is 5.57. The molecule has 0 spiro atoms. The van der Waals surface area contributed by atoms with Crippen molar-refractivity contribution in [3.8, 4) is 0 Å². The van der Waals surface area contributed by atoms with Crippen LogP contribution >= 0.6 is 0 Å². The first-order valence-electron chi connectivity index (χ1n) is 8.83. The van der Waals surface area contributed by atoms with Gasteiger partial charge in [0.25, 0.3) is 5.72 Å². The smallest absolute Gasteiger partial charge is 0.413 e. The molecule has 9 nitrogen and oxygen atoms in total. The Morgan fingerprint density at radius 3 is 2.61 bits per heavy atom. The molecule has 1 saturated heterocycles. The molecule has 2 heterocycles. The van der Waals surface area contributed by atoms with Crippen molar-refractivity contribution < 1.29 is 33.3 Å². The molecule has 152 valence electrons. The normalized spacial score (nSPS) is 25.8. The average molecular weight is 392 g/mol. The van der Waals surface area contributed by atoms with Crippen LogP contribution in [-0.2, 0) is 35.1 Å². The number of hydrogen-bond donors (Lipinski definition) is 0. The van der Waals surface area contributed by atoms with Crippen LogP contribution in [0.1, 0.15) is 19.4 Å². The summed E-state index contributed by atoms with van der Waals surface area (Å²) in [5, 5.41) is 0. The van der Waals surface area contributed by atoms with Crippen molar-refractivity contribution in [3.05, 3.63) is 35.9 Å². The lowest BCUT2D eigenvalue weighted by Gasteiger charge is -2.32. The number of carbonyl (C=O) groups is 2. The van der Waals surface area contributed by atoms with Gasteiger partial charge in [0.1, 0.15) is 18.4 Å². The van der Waals surface area contributed by atoms with Crippen molar-refractivity contribution in [1.82, 2.24) is 4.90 Å². The van der Waals surface area contributed by atoms with E-state index in [4.69, 9.17) is 23.7 Å². The van der Waals surface area contributed by atoms with Gasteiger partial charge in [-0.3, -0.25) is 4.90 Å². The molecule has 0 aliphatic carbocycles. The van der Waals surface area contributed by atoms with Gasteiger partial charge in [-0.15, -0.1) is 0 Å². The van der Waals surface area contributed by atoms with Crippen LogP contribution in [0.15, 0.2) is 35.3 Å². The summed E-state index contributed by atoms with van der Waals surface area (Å²) < 4.78 is 26.8. The second-order valence-corrected chi connectivity index (χ2v) is 6.90. The minimum Gasteiger partial charge on any atom is -0.473 e. The van der Waals surface area contributed by atoms with E-state index in [1.54, 1.807) is 13.8 Å². The standard InChI is InChI=1S/C19H24N2O7/c1-18(2)21(17(23)26-10-13-8-6-5-7-9-13)14(11-28-18)15-20-19(25-4,12-27-15)16(22)24-3/h5-9,14H,10-12H2,1-4H3/t14-,19?/m0/s1. The highest BCUT2D eigenvalue weighted by atomic mass is 16.6. The Bertz CT molecular complexity index is 765. The van der Waals surface area contributed by atoms with Crippen LogP contribution in [0.2, 0.25) is 0 Å². The van der Waals surface area contributed by atoms with E-state index < -0.39 is 29.6 Å². The zero-order valence-corrected chi connectivity index (χ0v) is 16.3. The molecule has 2 aliphatic rings. The van der Waals surface area contributed by atoms with Crippen molar-refractivity contribution in [1.29, 1.82) is 0 Å². The van der Waals surface area contributed by atoms with Crippen LogP contribution in [-0.4, -0.2) is 67.8 Å². The Balaban J connectivity index is 1.79. The van der Waals surface area contributed by atoms with Crippen molar-refractivity contribution in [3.63, 3.8) is 0 Å². The zero-order chi connectivity index (χ0) is 20.4. The molecular formula is C19H24N2O7. The van der Waals surface area contributed by atoms with Crippen molar-refractivity contribution >= 4 is 18.0 Å². The Morgan fingerprint density at radius 2 is 1.96 bits per heavy atom. The minimum absolute atomic E-state index is 0.122. The number of hydrogen-bond acceptors (Lipinski definition) is 8. The Hall–Kier alpha value is -2.65. The highest BCUT2D eigenvalue weighted by molar-refractivity contribution is 5.92. The van der Waals surface area contributed by atoms with E-state index in [9.17, 15) is 9.59 Å². The van der Waals surface area contributed by atoms with E-state index in [2.05, 4.69) is 4.99 Å². The molecule has 0 radical (unpaired) electrons. The third kappa shape index (κ3) is 3.67. The molecule has 9 heteroatoms. The van der Waals surface area contributed by atoms with Gasteiger partial charge in [-0.1, -0.05) is 30.3 Å². The molecule has 1 amide bonds.